The van der Waals surface area contributed by atoms with E-state index in [9.17, 15) is 0 Å². The molecule has 3 aromatic heterocycles. The lowest BCUT2D eigenvalue weighted by Gasteiger charge is -2.14. The SMILES string of the molecule is CC(C)(C)c1nnsc1-c1nc(-c2ncn[nH]2)no1. The van der Waals surface area contributed by atoms with Crippen molar-refractivity contribution in [1.29, 1.82) is 0 Å². The number of nitrogens with one attached hydrogen (secondary N) is 1. The lowest BCUT2D eigenvalue weighted by atomic mass is 9.91. The van der Waals surface area contributed by atoms with Gasteiger partial charge in [0.15, 0.2) is 5.82 Å². The molecule has 0 fully saturated rings. The highest BCUT2D eigenvalue weighted by molar-refractivity contribution is 7.09. The van der Waals surface area contributed by atoms with Crippen molar-refractivity contribution < 1.29 is 4.52 Å². The Kier molecular flexibility index (Phi) is 2.63. The van der Waals surface area contributed by atoms with Crippen molar-refractivity contribution in [2.45, 2.75) is 26.2 Å². The molecule has 0 saturated heterocycles. The summed E-state index contributed by atoms with van der Waals surface area (Å²) in [6.07, 6.45) is 1.39. The lowest BCUT2D eigenvalue weighted by Crippen LogP contribution is -2.13. The van der Waals surface area contributed by atoms with Gasteiger partial charge >= 0.3 is 0 Å². The van der Waals surface area contributed by atoms with Gasteiger partial charge in [-0.2, -0.15) is 10.1 Å². The minimum absolute atomic E-state index is 0.136. The Morgan fingerprint density at radius 1 is 1.32 bits per heavy atom. The summed E-state index contributed by atoms with van der Waals surface area (Å²) in [4.78, 5) is 9.04. The van der Waals surface area contributed by atoms with E-state index in [1.807, 2.05) is 0 Å². The normalized spacial score (nSPS) is 11.9. The quantitative estimate of drug-likeness (QED) is 0.759. The molecule has 0 aromatic carbocycles. The molecule has 8 nitrogen and oxygen atoms in total. The molecule has 0 bridgehead atoms. The van der Waals surface area contributed by atoms with E-state index in [2.05, 4.69) is 55.7 Å². The van der Waals surface area contributed by atoms with E-state index >= 15 is 0 Å². The van der Waals surface area contributed by atoms with Crippen LogP contribution in [0.5, 0.6) is 0 Å². The van der Waals surface area contributed by atoms with Gasteiger partial charge in [-0.15, -0.1) is 5.10 Å². The van der Waals surface area contributed by atoms with Crippen molar-refractivity contribution >= 4 is 11.5 Å². The van der Waals surface area contributed by atoms with Crippen molar-refractivity contribution in [2.75, 3.05) is 0 Å². The summed E-state index contributed by atoms with van der Waals surface area (Å²) in [5, 5.41) is 14.4. The zero-order valence-corrected chi connectivity index (χ0v) is 11.4. The summed E-state index contributed by atoms with van der Waals surface area (Å²) in [6.45, 7) is 6.17. The molecule has 3 rings (SSSR count). The van der Waals surface area contributed by atoms with Crippen molar-refractivity contribution in [3.05, 3.63) is 12.0 Å². The third-order valence-corrected chi connectivity index (χ3v) is 3.16. The van der Waals surface area contributed by atoms with Crippen LogP contribution in [0.3, 0.4) is 0 Å². The van der Waals surface area contributed by atoms with E-state index in [0.717, 1.165) is 10.6 Å². The predicted molar refractivity (Wildman–Crippen MR) is 67.3 cm³/mol. The van der Waals surface area contributed by atoms with E-state index in [0.29, 0.717) is 17.5 Å². The van der Waals surface area contributed by atoms with E-state index < -0.39 is 0 Å². The summed E-state index contributed by atoms with van der Waals surface area (Å²) in [5.74, 6) is 1.22. The summed E-state index contributed by atoms with van der Waals surface area (Å²) in [5.41, 5.74) is 0.703. The average molecular weight is 277 g/mol. The molecule has 3 heterocycles. The molecular formula is C10H11N7OS. The maximum Gasteiger partial charge on any atom is 0.272 e. The maximum atomic E-state index is 5.25. The molecule has 0 aliphatic heterocycles. The first-order valence-electron chi connectivity index (χ1n) is 5.58. The number of aromatic amines is 1. The van der Waals surface area contributed by atoms with Crippen molar-refractivity contribution in [3.8, 4) is 22.4 Å². The highest BCUT2D eigenvalue weighted by Crippen LogP contribution is 2.33. The van der Waals surface area contributed by atoms with Crippen LogP contribution in [0.4, 0.5) is 0 Å². The van der Waals surface area contributed by atoms with Crippen LogP contribution in [0.15, 0.2) is 10.9 Å². The average Bonchev–Trinajstić information content (AvgIpc) is 3.09. The molecule has 0 aliphatic rings. The number of nitrogens with zero attached hydrogens (tertiary/aromatic N) is 6. The zero-order chi connectivity index (χ0) is 13.5. The Labute approximate surface area is 112 Å². The molecule has 0 amide bonds. The van der Waals surface area contributed by atoms with Gasteiger partial charge in [0.1, 0.15) is 11.2 Å². The van der Waals surface area contributed by atoms with Crippen molar-refractivity contribution in [3.63, 3.8) is 0 Å². The van der Waals surface area contributed by atoms with Gasteiger partial charge < -0.3 is 4.52 Å². The van der Waals surface area contributed by atoms with Gasteiger partial charge in [-0.3, -0.25) is 5.10 Å². The topological polar surface area (TPSA) is 106 Å². The van der Waals surface area contributed by atoms with Crippen LogP contribution >= 0.6 is 11.5 Å². The van der Waals surface area contributed by atoms with Gasteiger partial charge in [0.25, 0.3) is 5.89 Å². The Morgan fingerprint density at radius 3 is 2.84 bits per heavy atom. The van der Waals surface area contributed by atoms with Crippen LogP contribution in [0.1, 0.15) is 26.5 Å². The Balaban J connectivity index is 2.02. The molecule has 3 aromatic rings. The van der Waals surface area contributed by atoms with Crippen LogP contribution < -0.4 is 0 Å². The summed E-state index contributed by atoms with van der Waals surface area (Å²) >= 11 is 1.24. The number of H-pyrrole nitrogens is 1. The molecule has 0 aliphatic carbocycles. The van der Waals surface area contributed by atoms with E-state index in [-0.39, 0.29) is 5.41 Å². The molecule has 0 saturated carbocycles. The molecule has 19 heavy (non-hydrogen) atoms. The number of hydrogen-bond acceptors (Lipinski definition) is 8. The standard InChI is InChI=1S/C10H11N7OS/c1-10(2,3)6-5(19-17-14-6)9-13-8(16-18-9)7-11-4-12-15-7/h4H,1-3H3,(H,11,12,15). The number of rotatable bonds is 2. The van der Waals surface area contributed by atoms with Gasteiger partial charge in [0.2, 0.25) is 5.82 Å². The fraction of sp³-hybridized carbons (Fsp3) is 0.400. The smallest absolute Gasteiger partial charge is 0.272 e. The Bertz CT molecular complexity index is 679. The molecule has 0 spiro atoms. The first kappa shape index (κ1) is 11.9. The molecule has 0 radical (unpaired) electrons. The van der Waals surface area contributed by atoms with Crippen molar-refractivity contribution in [1.82, 2.24) is 34.9 Å². The van der Waals surface area contributed by atoms with E-state index in [1.165, 1.54) is 17.9 Å². The zero-order valence-electron chi connectivity index (χ0n) is 10.6. The Hall–Kier alpha value is -2.16. The molecular weight excluding hydrogens is 266 g/mol. The van der Waals surface area contributed by atoms with Gasteiger partial charge in [0.05, 0.1) is 5.69 Å². The fourth-order valence-electron chi connectivity index (χ4n) is 1.55. The van der Waals surface area contributed by atoms with Crippen LogP contribution in [-0.2, 0) is 5.41 Å². The van der Waals surface area contributed by atoms with Gasteiger partial charge in [0, 0.05) is 5.41 Å². The second-order valence-electron chi connectivity index (χ2n) is 4.96. The largest absolute Gasteiger partial charge is 0.332 e. The summed E-state index contributed by atoms with van der Waals surface area (Å²) in [7, 11) is 0. The monoisotopic (exact) mass is 277 g/mol. The van der Waals surface area contributed by atoms with Gasteiger partial charge in [-0.1, -0.05) is 30.4 Å². The highest BCUT2D eigenvalue weighted by Gasteiger charge is 2.26. The van der Waals surface area contributed by atoms with Gasteiger partial charge in [-0.05, 0) is 11.5 Å². The van der Waals surface area contributed by atoms with E-state index in [4.69, 9.17) is 4.52 Å². The molecule has 0 atom stereocenters. The number of hydrogen-bond donors (Lipinski definition) is 1. The molecule has 9 heteroatoms. The molecule has 0 unspecified atom stereocenters. The second kappa shape index (κ2) is 4.19. The third-order valence-electron chi connectivity index (χ3n) is 2.45. The molecule has 98 valence electrons. The maximum absolute atomic E-state index is 5.25. The first-order valence-corrected chi connectivity index (χ1v) is 6.35. The van der Waals surface area contributed by atoms with Crippen LogP contribution in [-0.4, -0.2) is 34.9 Å². The predicted octanol–water partition coefficient (Wildman–Crippen LogP) is 1.67. The van der Waals surface area contributed by atoms with Crippen LogP contribution in [0.2, 0.25) is 0 Å². The Morgan fingerprint density at radius 2 is 2.16 bits per heavy atom. The highest BCUT2D eigenvalue weighted by atomic mass is 32.1. The van der Waals surface area contributed by atoms with Gasteiger partial charge in [-0.25, -0.2) is 4.98 Å². The minimum atomic E-state index is -0.136. The third kappa shape index (κ3) is 2.12. The summed E-state index contributed by atoms with van der Waals surface area (Å²) < 4.78 is 9.22. The lowest BCUT2D eigenvalue weighted by molar-refractivity contribution is 0.431. The minimum Gasteiger partial charge on any atom is -0.332 e. The van der Waals surface area contributed by atoms with E-state index in [1.54, 1.807) is 0 Å². The van der Waals surface area contributed by atoms with Crippen LogP contribution in [0, 0.1) is 0 Å². The first-order chi connectivity index (χ1) is 9.05. The van der Waals surface area contributed by atoms with Crippen LogP contribution in [0.25, 0.3) is 22.4 Å². The number of aromatic nitrogens is 7. The second-order valence-corrected chi connectivity index (χ2v) is 5.71. The fourth-order valence-corrected chi connectivity index (χ4v) is 2.35. The van der Waals surface area contributed by atoms with Crippen molar-refractivity contribution in [2.24, 2.45) is 0 Å². The summed E-state index contributed by atoms with van der Waals surface area (Å²) in [6, 6.07) is 0. The molecule has 1 N–H and O–H groups in total.